The number of benzene rings is 9. The van der Waals surface area contributed by atoms with E-state index in [0.29, 0.717) is 54.9 Å². The van der Waals surface area contributed by atoms with Gasteiger partial charge in [-0.1, -0.05) is 103 Å². The van der Waals surface area contributed by atoms with Crippen molar-refractivity contribution in [3.05, 3.63) is 235 Å². The summed E-state index contributed by atoms with van der Waals surface area (Å²) in [5.41, 5.74) is 19.8. The Kier molecular flexibility index (Phi) is 12.1. The molecule has 8 aromatic carbocycles. The number of hydrogen-bond donors (Lipinski definition) is 0. The van der Waals surface area contributed by atoms with Gasteiger partial charge in [0.05, 0.1) is 5.56 Å². The maximum atomic E-state index is 13.0. The summed E-state index contributed by atoms with van der Waals surface area (Å²) in [6.07, 6.45) is 15.8. The molecule has 10 nitrogen and oxygen atoms in total. The third kappa shape index (κ3) is 8.58. The number of carbonyl (C=O) groups excluding carboxylic acids is 2. The summed E-state index contributed by atoms with van der Waals surface area (Å²) < 4.78 is 11.7. The number of imide groups is 1. The third-order valence-electron chi connectivity index (χ3n) is 15.8. The van der Waals surface area contributed by atoms with Crippen LogP contribution in [0, 0.1) is 6.92 Å². The predicted octanol–water partition coefficient (Wildman–Crippen LogP) is 13.9. The third-order valence-corrected chi connectivity index (χ3v) is 15.8. The molecule has 0 N–H and O–H groups in total. The molecule has 2 aliphatic heterocycles. The van der Waals surface area contributed by atoms with Crippen LogP contribution in [0.4, 0.5) is 11.4 Å². The molecule has 15 rings (SSSR count). The number of allylic oxidation sites excluding steroid dienone is 3. The molecule has 0 atom stereocenters. The van der Waals surface area contributed by atoms with Crippen LogP contribution in [0.1, 0.15) is 59.7 Å². The molecule has 4 aliphatic carbocycles. The summed E-state index contributed by atoms with van der Waals surface area (Å²) in [4.78, 5) is 59.9. The highest BCUT2D eigenvalue weighted by Gasteiger charge is 2.30. The van der Waals surface area contributed by atoms with Crippen molar-refractivity contribution in [2.24, 2.45) is 0 Å². The van der Waals surface area contributed by atoms with Gasteiger partial charge in [-0.3, -0.25) is 14.4 Å². The minimum atomic E-state index is -0.461. The van der Waals surface area contributed by atoms with Gasteiger partial charge in [0, 0.05) is 90.4 Å². The smallest absolute Gasteiger partial charge is 0.344 e. The second-order valence-electron chi connectivity index (χ2n) is 21.1. The summed E-state index contributed by atoms with van der Waals surface area (Å²) >= 11 is 0. The fourth-order valence-electron chi connectivity index (χ4n) is 11.5. The maximum absolute atomic E-state index is 13.0. The minimum absolute atomic E-state index is 0.0564. The quantitative estimate of drug-likeness (QED) is 0.0546. The van der Waals surface area contributed by atoms with E-state index in [1.807, 2.05) is 118 Å². The molecule has 0 spiro atoms. The van der Waals surface area contributed by atoms with Crippen molar-refractivity contribution >= 4 is 93.0 Å². The van der Waals surface area contributed by atoms with Gasteiger partial charge in [-0.05, 0) is 159 Å². The monoisotopic (exact) mass is 1040 g/mol. The van der Waals surface area contributed by atoms with Crippen LogP contribution < -0.4 is 20.9 Å². The number of hydrogen-bond acceptors (Lipinski definition) is 9. The van der Waals surface area contributed by atoms with Crippen LogP contribution in [0.5, 0.6) is 0 Å². The van der Waals surface area contributed by atoms with Crippen LogP contribution in [-0.4, -0.2) is 57.8 Å². The molecule has 9 aromatic rings. The molecule has 0 fully saturated rings. The van der Waals surface area contributed by atoms with Gasteiger partial charge in [-0.2, -0.15) is 0 Å². The van der Waals surface area contributed by atoms with Gasteiger partial charge in [-0.25, -0.2) is 9.78 Å². The number of amides is 2. The molecule has 80 heavy (non-hydrogen) atoms. The molecular weight excluding hydrogens is 992 g/mol. The van der Waals surface area contributed by atoms with Crippen LogP contribution >= 0.6 is 0 Å². The fraction of sp³-hybridized carbons (Fsp3) is 0.116. The summed E-state index contributed by atoms with van der Waals surface area (Å²) in [7, 11) is 13.6. The Hall–Kier alpha value is -9.87. The molecule has 2 amide bonds. The number of aryl methyl sites for hydroxylation is 1. The Morgan fingerprint density at radius 2 is 1.05 bits per heavy atom. The van der Waals surface area contributed by atoms with Crippen LogP contribution in [0.2, 0.25) is 0 Å². The molecule has 11 heteroatoms. The molecular formula is C69H51BN4O6. The largest absolute Gasteiger partial charge is 0.453 e. The van der Waals surface area contributed by atoms with Gasteiger partial charge in [0.2, 0.25) is 19.8 Å². The molecule has 2 radical (unpaired) electrons. The highest BCUT2D eigenvalue weighted by Crippen LogP contribution is 2.39. The van der Waals surface area contributed by atoms with Gasteiger partial charge in [0.25, 0.3) is 0 Å². The zero-order valence-electron chi connectivity index (χ0n) is 44.8. The molecule has 0 saturated heterocycles. The SMILES string of the molecule is CN(C)c1ccc2nc3c4ccc(-c5ccc6c(c5)C=CC6)cc4c(=O)cc-3oc2c1.Cc1c(-c2ccc3c(c2)C=CC3)c(=O)oc2cc(N(C)C)ccc12.[B]N1C(=O)c2cccc3c(-c4ccc5c(c4)C=CC5)ccc(c23)C1=O. The standard InChI is InChI=1S/C27H20N2O2.C21H12BNO2.C21H19NO2/c1-29(2)20-9-11-23-25(14-20)31-26-15-24(30)22-13-19(8-10-21(22)27(26)28-23)18-7-6-16-4-3-5-17(16)12-18;22-23-20(24)17-6-2-5-16-15(9-10-18(19(16)17)21(23)25)14-8-7-12-3-1-4-13(12)11-14;1-13-18-10-9-17(22(2)3)12-19(18)24-21(23)20(13)16-8-7-14-5-4-6-15(14)11-16/h3,5-15H,4H2,1-2H3;1-2,4-11H,3H2;4,6-12H,5H2,1-3H3. The van der Waals surface area contributed by atoms with Crippen LogP contribution in [0.15, 0.2) is 182 Å². The summed E-state index contributed by atoms with van der Waals surface area (Å²) in [5, 5.41) is 4.04. The molecule has 6 aliphatic rings. The number of aromatic nitrogens is 1. The summed E-state index contributed by atoms with van der Waals surface area (Å²) in [5.74, 6) is -0.411. The predicted molar refractivity (Wildman–Crippen MR) is 325 cm³/mol. The topological polar surface area (TPSA) is 117 Å². The van der Waals surface area contributed by atoms with Gasteiger partial charge >= 0.3 is 5.63 Å². The Labute approximate surface area is 462 Å². The van der Waals surface area contributed by atoms with Crippen molar-refractivity contribution in [2.45, 2.75) is 26.2 Å². The highest BCUT2D eigenvalue weighted by molar-refractivity contribution is 6.37. The molecule has 0 unspecified atom stereocenters. The Balaban J connectivity index is 0.000000115. The zero-order valence-corrected chi connectivity index (χ0v) is 44.8. The Morgan fingerprint density at radius 3 is 1.73 bits per heavy atom. The maximum Gasteiger partial charge on any atom is 0.344 e. The molecule has 0 saturated carbocycles. The Morgan fingerprint density at radius 1 is 0.500 bits per heavy atom. The van der Waals surface area contributed by atoms with Crippen LogP contribution in [-0.2, 0) is 19.3 Å². The van der Waals surface area contributed by atoms with Gasteiger partial charge in [0.15, 0.2) is 16.8 Å². The van der Waals surface area contributed by atoms with Crippen molar-refractivity contribution in [1.82, 2.24) is 9.79 Å². The van der Waals surface area contributed by atoms with Gasteiger partial charge < -0.3 is 23.4 Å². The van der Waals surface area contributed by atoms with E-state index >= 15 is 0 Å². The Bertz CT molecular complexity index is 4640. The van der Waals surface area contributed by atoms with E-state index in [4.69, 9.17) is 21.8 Å². The second kappa shape index (κ2) is 19.5. The zero-order chi connectivity index (χ0) is 55.1. The number of rotatable bonds is 5. The van der Waals surface area contributed by atoms with E-state index in [2.05, 4.69) is 91.1 Å². The van der Waals surface area contributed by atoms with E-state index in [1.165, 1.54) is 33.4 Å². The first-order valence-electron chi connectivity index (χ1n) is 26.6. The van der Waals surface area contributed by atoms with E-state index < -0.39 is 11.8 Å². The summed E-state index contributed by atoms with van der Waals surface area (Å²) in [6, 6.07) is 47.8. The van der Waals surface area contributed by atoms with E-state index in [1.54, 1.807) is 18.2 Å². The lowest BCUT2D eigenvalue weighted by Crippen LogP contribution is -2.38. The van der Waals surface area contributed by atoms with Gasteiger partial charge in [0.1, 0.15) is 16.8 Å². The lowest BCUT2D eigenvalue weighted by Gasteiger charge is -2.25. The first-order chi connectivity index (χ1) is 38.8. The number of nitrogens with zero attached hydrogens (tertiary/aromatic N) is 4. The molecule has 1 aromatic heterocycles. The van der Waals surface area contributed by atoms with Crippen LogP contribution in [0.25, 0.3) is 107 Å². The average Bonchev–Trinajstić information content (AvgIpc) is 4.40. The first-order valence-corrected chi connectivity index (χ1v) is 26.6. The van der Waals surface area contributed by atoms with E-state index in [0.717, 1.165) is 85.7 Å². The van der Waals surface area contributed by atoms with Crippen molar-refractivity contribution in [2.75, 3.05) is 38.0 Å². The van der Waals surface area contributed by atoms with Gasteiger partial charge in [-0.15, -0.1) is 0 Å². The number of fused-ring (bicyclic) bond motifs is 8. The highest BCUT2D eigenvalue weighted by atomic mass is 16.4. The van der Waals surface area contributed by atoms with Crippen molar-refractivity contribution < 1.29 is 18.4 Å². The second-order valence-corrected chi connectivity index (χ2v) is 21.1. The first kappa shape index (κ1) is 49.7. The molecule has 386 valence electrons. The van der Waals surface area contributed by atoms with Crippen molar-refractivity contribution in [3.8, 4) is 44.8 Å². The lowest BCUT2D eigenvalue weighted by atomic mass is 9.87. The molecule has 3 heterocycles. The average molecular weight is 1040 g/mol. The molecule has 0 bridgehead atoms. The van der Waals surface area contributed by atoms with Crippen molar-refractivity contribution in [3.63, 3.8) is 0 Å². The number of carbonyl (C=O) groups is 2. The van der Waals surface area contributed by atoms with E-state index in [-0.39, 0.29) is 11.1 Å². The number of anilines is 2. The fourth-order valence-corrected chi connectivity index (χ4v) is 11.5. The van der Waals surface area contributed by atoms with Crippen molar-refractivity contribution in [1.29, 1.82) is 0 Å². The van der Waals surface area contributed by atoms with Crippen LogP contribution in [0.3, 0.4) is 0 Å². The lowest BCUT2D eigenvalue weighted by molar-refractivity contribution is 0.0726. The summed E-state index contributed by atoms with van der Waals surface area (Å²) in [6.45, 7) is 1.99. The van der Waals surface area contributed by atoms with E-state index in [9.17, 15) is 19.2 Å². The normalized spacial score (nSPS) is 13.4. The minimum Gasteiger partial charge on any atom is -0.453 e.